The summed E-state index contributed by atoms with van der Waals surface area (Å²) >= 11 is 3.18. The molecule has 144 valence electrons. The van der Waals surface area contributed by atoms with Crippen molar-refractivity contribution in [1.82, 2.24) is 15.2 Å². The number of carbonyl (C=O) groups is 2. The Kier molecular flexibility index (Phi) is 7.71. The highest BCUT2D eigenvalue weighted by atomic mass is 32.2. The minimum Gasteiger partial charge on any atom is -0.351 e. The number of thioether (sulfide) groups is 1. The van der Waals surface area contributed by atoms with Crippen LogP contribution in [0.3, 0.4) is 0 Å². The lowest BCUT2D eigenvalue weighted by Gasteiger charge is -2.20. The first-order valence-electron chi connectivity index (χ1n) is 9.39. The van der Waals surface area contributed by atoms with Crippen LogP contribution in [0.2, 0.25) is 0 Å². The van der Waals surface area contributed by atoms with Gasteiger partial charge in [0.15, 0.2) is 0 Å². The Labute approximate surface area is 168 Å². The van der Waals surface area contributed by atoms with Gasteiger partial charge in [0.05, 0.1) is 16.8 Å². The van der Waals surface area contributed by atoms with Crippen LogP contribution < -0.4 is 5.32 Å². The molecule has 0 saturated carbocycles. The lowest BCUT2D eigenvalue weighted by atomic mass is 10.2. The molecular weight excluding hydrogens is 378 g/mol. The fourth-order valence-corrected chi connectivity index (χ4v) is 4.71. The second-order valence-electron chi connectivity index (χ2n) is 6.57. The number of rotatable bonds is 7. The summed E-state index contributed by atoms with van der Waals surface area (Å²) in [6.45, 7) is 2.07. The third kappa shape index (κ3) is 6.07. The average Bonchev–Trinajstić information content (AvgIpc) is 3.06. The summed E-state index contributed by atoms with van der Waals surface area (Å²) in [5.74, 6) is 0.754. The van der Waals surface area contributed by atoms with Crippen LogP contribution in [0.5, 0.6) is 0 Å². The molecule has 27 heavy (non-hydrogen) atoms. The Morgan fingerprint density at radius 2 is 1.93 bits per heavy atom. The average molecular weight is 404 g/mol. The van der Waals surface area contributed by atoms with Gasteiger partial charge in [0, 0.05) is 42.1 Å². The fourth-order valence-electron chi connectivity index (χ4n) is 3.10. The van der Waals surface area contributed by atoms with E-state index >= 15 is 0 Å². The molecule has 2 amide bonds. The number of benzene rings is 1. The molecular formula is C20H25N3O2S2. The first-order valence-corrected chi connectivity index (χ1v) is 11.3. The van der Waals surface area contributed by atoms with E-state index < -0.39 is 0 Å². The number of hydrogen-bond donors (Lipinski definition) is 1. The summed E-state index contributed by atoms with van der Waals surface area (Å²) in [6, 6.07) is 7.58. The van der Waals surface area contributed by atoms with Crippen molar-refractivity contribution in [2.24, 2.45) is 0 Å². The van der Waals surface area contributed by atoms with Gasteiger partial charge in [-0.05, 0) is 25.0 Å². The molecule has 2 aromatic rings. The van der Waals surface area contributed by atoms with Crippen molar-refractivity contribution < 1.29 is 9.59 Å². The van der Waals surface area contributed by atoms with Crippen molar-refractivity contribution in [3.63, 3.8) is 0 Å². The smallest absolute Gasteiger partial charge is 0.252 e. The van der Waals surface area contributed by atoms with Gasteiger partial charge in [0.25, 0.3) is 5.91 Å². The number of thiazole rings is 1. The standard InChI is InChI=1S/C20H25N3O2S2/c24-19(23-11-5-1-2-6-12-23)9-10-21-20(25)17-7-3-4-8-18(17)27-14-16-13-26-15-22-16/h3-4,7-8,13,15H,1-2,5-6,9-12,14H2,(H,21,25). The third-order valence-corrected chi connectivity index (χ3v) is 6.32. The molecule has 0 bridgehead atoms. The van der Waals surface area contributed by atoms with Crippen molar-refractivity contribution in [2.75, 3.05) is 19.6 Å². The van der Waals surface area contributed by atoms with Crippen LogP contribution in [0.25, 0.3) is 0 Å². The Morgan fingerprint density at radius 1 is 1.15 bits per heavy atom. The molecule has 0 spiro atoms. The van der Waals surface area contributed by atoms with Crippen LogP contribution in [-0.4, -0.2) is 41.3 Å². The first-order chi connectivity index (χ1) is 13.2. The molecule has 0 atom stereocenters. The van der Waals surface area contributed by atoms with Crippen molar-refractivity contribution in [2.45, 2.75) is 42.8 Å². The van der Waals surface area contributed by atoms with Crippen LogP contribution in [0.1, 0.15) is 48.2 Å². The van der Waals surface area contributed by atoms with Crippen molar-refractivity contribution >= 4 is 34.9 Å². The maximum absolute atomic E-state index is 12.6. The normalized spacial score (nSPS) is 14.6. The van der Waals surface area contributed by atoms with Crippen LogP contribution in [0.4, 0.5) is 0 Å². The molecule has 0 radical (unpaired) electrons. The van der Waals surface area contributed by atoms with Crippen molar-refractivity contribution in [3.05, 3.63) is 46.4 Å². The Morgan fingerprint density at radius 3 is 2.67 bits per heavy atom. The van der Waals surface area contributed by atoms with Gasteiger partial charge in [-0.15, -0.1) is 23.1 Å². The quantitative estimate of drug-likeness (QED) is 0.711. The minimum atomic E-state index is -0.125. The highest BCUT2D eigenvalue weighted by Gasteiger charge is 2.16. The second kappa shape index (κ2) is 10.5. The zero-order chi connectivity index (χ0) is 18.9. The summed E-state index contributed by atoms with van der Waals surface area (Å²) in [5, 5.41) is 4.92. The van der Waals surface area contributed by atoms with Crippen LogP contribution in [0, 0.1) is 0 Å². The van der Waals surface area contributed by atoms with E-state index in [0.29, 0.717) is 18.5 Å². The maximum Gasteiger partial charge on any atom is 0.252 e. The van der Waals surface area contributed by atoms with Gasteiger partial charge in [0.2, 0.25) is 5.91 Å². The zero-order valence-corrected chi connectivity index (χ0v) is 17.0. The highest BCUT2D eigenvalue weighted by molar-refractivity contribution is 7.98. The predicted molar refractivity (Wildman–Crippen MR) is 110 cm³/mol. The molecule has 7 heteroatoms. The molecule has 1 fully saturated rings. The molecule has 5 nitrogen and oxygen atoms in total. The summed E-state index contributed by atoms with van der Waals surface area (Å²) < 4.78 is 0. The van der Waals surface area contributed by atoms with Gasteiger partial charge >= 0.3 is 0 Å². The first kappa shape index (κ1) is 19.9. The number of likely N-dealkylation sites (tertiary alicyclic amines) is 1. The number of hydrogen-bond acceptors (Lipinski definition) is 5. The van der Waals surface area contributed by atoms with Gasteiger partial charge in [-0.1, -0.05) is 25.0 Å². The molecule has 1 saturated heterocycles. The lowest BCUT2D eigenvalue weighted by molar-refractivity contribution is -0.131. The van der Waals surface area contributed by atoms with E-state index in [1.165, 1.54) is 12.8 Å². The van der Waals surface area contributed by atoms with E-state index in [4.69, 9.17) is 0 Å². The lowest BCUT2D eigenvalue weighted by Crippen LogP contribution is -2.35. The van der Waals surface area contributed by atoms with Gasteiger partial charge < -0.3 is 10.2 Å². The van der Waals surface area contributed by atoms with Crippen molar-refractivity contribution in [3.8, 4) is 0 Å². The largest absolute Gasteiger partial charge is 0.351 e. The SMILES string of the molecule is O=C(NCCC(=O)N1CCCCCC1)c1ccccc1SCc1cscn1. The molecule has 0 aliphatic carbocycles. The Balaban J connectivity index is 1.49. The molecule has 1 aromatic heterocycles. The minimum absolute atomic E-state index is 0.125. The summed E-state index contributed by atoms with van der Waals surface area (Å²) in [5.41, 5.74) is 3.48. The molecule has 0 unspecified atom stereocenters. The van der Waals surface area contributed by atoms with E-state index in [0.717, 1.165) is 42.3 Å². The van der Waals surface area contributed by atoms with Crippen LogP contribution in [0.15, 0.2) is 40.1 Å². The third-order valence-electron chi connectivity index (χ3n) is 4.57. The summed E-state index contributed by atoms with van der Waals surface area (Å²) in [7, 11) is 0. The maximum atomic E-state index is 12.6. The van der Waals surface area contributed by atoms with Crippen LogP contribution in [-0.2, 0) is 10.5 Å². The summed E-state index contributed by atoms with van der Waals surface area (Å²) in [4.78, 5) is 32.1. The second-order valence-corrected chi connectivity index (χ2v) is 8.30. The van der Waals surface area contributed by atoms with E-state index in [9.17, 15) is 9.59 Å². The fraction of sp³-hybridized carbons (Fsp3) is 0.450. The molecule has 1 aliphatic heterocycles. The van der Waals surface area contributed by atoms with E-state index in [2.05, 4.69) is 10.3 Å². The zero-order valence-electron chi connectivity index (χ0n) is 15.4. The number of nitrogens with one attached hydrogen (secondary N) is 1. The van der Waals surface area contributed by atoms with Gasteiger partial charge in [0.1, 0.15) is 0 Å². The Hall–Kier alpha value is -1.86. The Bertz CT molecular complexity index is 741. The molecule has 2 heterocycles. The van der Waals surface area contributed by atoms with Gasteiger partial charge in [-0.25, -0.2) is 4.98 Å². The van der Waals surface area contributed by atoms with E-state index in [1.807, 2.05) is 40.1 Å². The number of amides is 2. The van der Waals surface area contributed by atoms with E-state index in [-0.39, 0.29) is 11.8 Å². The van der Waals surface area contributed by atoms with Gasteiger partial charge in [-0.3, -0.25) is 9.59 Å². The van der Waals surface area contributed by atoms with Gasteiger partial charge in [-0.2, -0.15) is 0 Å². The number of carbonyl (C=O) groups excluding carboxylic acids is 2. The van der Waals surface area contributed by atoms with Crippen molar-refractivity contribution in [1.29, 1.82) is 0 Å². The monoisotopic (exact) mass is 403 g/mol. The molecule has 1 N–H and O–H groups in total. The molecule has 3 rings (SSSR count). The number of nitrogens with zero attached hydrogens (tertiary/aromatic N) is 2. The predicted octanol–water partition coefficient (Wildman–Crippen LogP) is 3.96. The molecule has 1 aromatic carbocycles. The van der Waals surface area contributed by atoms with Crippen LogP contribution >= 0.6 is 23.1 Å². The summed E-state index contributed by atoms with van der Waals surface area (Å²) in [6.07, 6.45) is 4.94. The number of aromatic nitrogens is 1. The highest BCUT2D eigenvalue weighted by Crippen LogP contribution is 2.26. The molecule has 1 aliphatic rings. The topological polar surface area (TPSA) is 62.3 Å². The van der Waals surface area contributed by atoms with E-state index in [1.54, 1.807) is 23.1 Å².